The van der Waals surface area contributed by atoms with Gasteiger partial charge in [0.15, 0.2) is 11.5 Å². The number of amides is 1. The van der Waals surface area contributed by atoms with Crippen molar-refractivity contribution in [3.8, 4) is 11.5 Å². The van der Waals surface area contributed by atoms with Crippen LogP contribution in [0.4, 0.5) is 5.69 Å². The van der Waals surface area contributed by atoms with Crippen LogP contribution in [0.25, 0.3) is 10.9 Å². The van der Waals surface area contributed by atoms with Crippen molar-refractivity contribution in [1.82, 2.24) is 10.3 Å². The van der Waals surface area contributed by atoms with Crippen LogP contribution in [0.15, 0.2) is 42.5 Å². The summed E-state index contributed by atoms with van der Waals surface area (Å²) >= 11 is 0. The first-order chi connectivity index (χ1) is 17.1. The molecular formula is C29H35N3O3. The lowest BCUT2D eigenvalue weighted by Crippen LogP contribution is -2.30. The summed E-state index contributed by atoms with van der Waals surface area (Å²) in [7, 11) is 0. The number of aromatic nitrogens is 1. The molecule has 1 saturated heterocycles. The van der Waals surface area contributed by atoms with E-state index in [4.69, 9.17) is 9.47 Å². The number of anilines is 1. The average Bonchev–Trinajstić information content (AvgIpc) is 2.89. The zero-order chi connectivity index (χ0) is 24.2. The van der Waals surface area contributed by atoms with Crippen molar-refractivity contribution < 1.29 is 14.3 Å². The van der Waals surface area contributed by atoms with Crippen LogP contribution in [0, 0.1) is 12.8 Å². The van der Waals surface area contributed by atoms with E-state index in [2.05, 4.69) is 46.8 Å². The van der Waals surface area contributed by atoms with Crippen molar-refractivity contribution in [1.29, 1.82) is 0 Å². The zero-order valence-corrected chi connectivity index (χ0v) is 20.7. The third kappa shape index (κ3) is 5.59. The van der Waals surface area contributed by atoms with E-state index < -0.39 is 0 Å². The fourth-order valence-electron chi connectivity index (χ4n) is 5.06. The summed E-state index contributed by atoms with van der Waals surface area (Å²) in [5.74, 6) is 2.57. The Morgan fingerprint density at radius 2 is 2.03 bits per heavy atom. The Labute approximate surface area is 207 Å². The number of carbonyl (C=O) groups excluding carboxylic acids is 1. The van der Waals surface area contributed by atoms with E-state index in [1.54, 1.807) is 0 Å². The average molecular weight is 474 g/mol. The van der Waals surface area contributed by atoms with Crippen molar-refractivity contribution in [2.45, 2.75) is 58.5 Å². The molecule has 3 aliphatic heterocycles. The molecule has 0 bridgehead atoms. The lowest BCUT2D eigenvalue weighted by molar-refractivity contribution is -0.116. The minimum absolute atomic E-state index is 0.148. The molecule has 3 aliphatic rings. The van der Waals surface area contributed by atoms with Gasteiger partial charge in [0.2, 0.25) is 5.91 Å². The van der Waals surface area contributed by atoms with Crippen LogP contribution in [0.3, 0.4) is 0 Å². The molecule has 1 fully saturated rings. The van der Waals surface area contributed by atoms with Crippen LogP contribution < -0.4 is 20.1 Å². The number of hydrogen-bond acceptors (Lipinski definition) is 5. The first-order valence-corrected chi connectivity index (χ1v) is 12.9. The number of aryl methyl sites for hydroxylation is 2. The van der Waals surface area contributed by atoms with Crippen LogP contribution in [0.1, 0.15) is 49.4 Å². The molecule has 0 spiro atoms. The van der Waals surface area contributed by atoms with E-state index in [1.165, 1.54) is 24.0 Å². The number of piperidine rings is 1. The highest BCUT2D eigenvalue weighted by Gasteiger charge is 2.22. The van der Waals surface area contributed by atoms with E-state index in [9.17, 15) is 4.79 Å². The number of benzene rings is 2. The van der Waals surface area contributed by atoms with Crippen LogP contribution >= 0.6 is 0 Å². The van der Waals surface area contributed by atoms with Gasteiger partial charge >= 0.3 is 0 Å². The van der Waals surface area contributed by atoms with Gasteiger partial charge < -0.3 is 20.1 Å². The fourth-order valence-corrected chi connectivity index (χ4v) is 5.06. The van der Waals surface area contributed by atoms with Crippen molar-refractivity contribution in [3.05, 3.63) is 59.3 Å². The van der Waals surface area contributed by atoms with Gasteiger partial charge in [-0.25, -0.2) is 0 Å². The zero-order valence-electron chi connectivity index (χ0n) is 20.7. The molecule has 0 aliphatic carbocycles. The molecule has 6 rings (SSSR count). The van der Waals surface area contributed by atoms with Crippen molar-refractivity contribution in [2.24, 2.45) is 5.92 Å². The molecule has 2 atom stereocenters. The molecule has 6 nitrogen and oxygen atoms in total. The Kier molecular flexibility index (Phi) is 7.19. The predicted molar refractivity (Wildman–Crippen MR) is 139 cm³/mol. The Morgan fingerprint density at radius 3 is 2.86 bits per heavy atom. The van der Waals surface area contributed by atoms with Gasteiger partial charge in [0, 0.05) is 23.2 Å². The smallest absolute Gasteiger partial charge is 0.224 e. The molecule has 4 heterocycles. The Hall–Kier alpha value is -3.12. The van der Waals surface area contributed by atoms with Crippen molar-refractivity contribution in [3.63, 3.8) is 0 Å². The first kappa shape index (κ1) is 23.6. The van der Waals surface area contributed by atoms with Crippen LogP contribution in [-0.4, -0.2) is 36.7 Å². The number of carbonyl (C=O) groups is 1. The van der Waals surface area contributed by atoms with Crippen LogP contribution in [0.5, 0.6) is 11.5 Å². The molecule has 1 amide bonds. The van der Waals surface area contributed by atoms with E-state index in [1.807, 2.05) is 25.1 Å². The van der Waals surface area contributed by atoms with Gasteiger partial charge in [0.05, 0.1) is 5.52 Å². The summed E-state index contributed by atoms with van der Waals surface area (Å²) in [5, 5.41) is 7.47. The number of nitrogens with zero attached hydrogens (tertiary/aromatic N) is 1. The number of hydrogen-bond donors (Lipinski definition) is 2. The van der Waals surface area contributed by atoms with Gasteiger partial charge in [0.1, 0.15) is 12.7 Å². The quantitative estimate of drug-likeness (QED) is 0.547. The number of fused-ring (bicyclic) bond motifs is 4. The van der Waals surface area contributed by atoms with Crippen LogP contribution in [-0.2, 0) is 17.6 Å². The lowest BCUT2D eigenvalue weighted by Gasteiger charge is -2.26. The summed E-state index contributed by atoms with van der Waals surface area (Å²) in [6.45, 7) is 7.02. The molecular weight excluding hydrogens is 438 g/mol. The second kappa shape index (κ2) is 10.6. The number of nitrogens with one attached hydrogen (secondary N) is 2. The molecule has 0 saturated carbocycles. The largest absolute Gasteiger partial charge is 0.486 e. The molecule has 2 N–H and O–H groups in total. The van der Waals surface area contributed by atoms with Gasteiger partial charge in [0.25, 0.3) is 0 Å². The Balaban J connectivity index is 0.000000145. The third-order valence-corrected chi connectivity index (χ3v) is 7.08. The molecule has 3 aromatic rings. The molecule has 6 heteroatoms. The van der Waals surface area contributed by atoms with Gasteiger partial charge in [-0.3, -0.25) is 9.78 Å². The SMILES string of the molecule is CC[C@H]1COc2ccc3nc(C)ccc3c2O1.O=C1CCc2ccc(CC3CCCNC3)cc2N1. The second-order valence-electron chi connectivity index (χ2n) is 9.83. The highest BCUT2D eigenvalue weighted by molar-refractivity contribution is 5.94. The molecule has 0 radical (unpaired) electrons. The Bertz CT molecular complexity index is 1200. The summed E-state index contributed by atoms with van der Waals surface area (Å²) in [6, 6.07) is 14.6. The number of pyridine rings is 1. The maximum atomic E-state index is 11.4. The third-order valence-electron chi connectivity index (χ3n) is 7.08. The normalized spacial score (nSPS) is 20.9. The van der Waals surface area contributed by atoms with E-state index >= 15 is 0 Å². The van der Waals surface area contributed by atoms with E-state index in [0.29, 0.717) is 13.0 Å². The maximum Gasteiger partial charge on any atom is 0.224 e. The maximum absolute atomic E-state index is 11.4. The van der Waals surface area contributed by atoms with Crippen LogP contribution in [0.2, 0.25) is 0 Å². The van der Waals surface area contributed by atoms with E-state index in [0.717, 1.165) is 72.1 Å². The van der Waals surface area contributed by atoms with Gasteiger partial charge in [-0.1, -0.05) is 19.1 Å². The summed E-state index contributed by atoms with van der Waals surface area (Å²) in [5.41, 5.74) is 5.64. The predicted octanol–water partition coefficient (Wildman–Crippen LogP) is 5.21. The lowest BCUT2D eigenvalue weighted by atomic mass is 9.91. The van der Waals surface area contributed by atoms with Gasteiger partial charge in [-0.05, 0) is 99.5 Å². The summed E-state index contributed by atoms with van der Waals surface area (Å²) in [6.07, 6.45) is 6.33. The minimum atomic E-state index is 0.148. The minimum Gasteiger partial charge on any atom is -0.486 e. The van der Waals surface area contributed by atoms with Crippen molar-refractivity contribution >= 4 is 22.5 Å². The fraction of sp³-hybridized carbons (Fsp3) is 0.448. The van der Waals surface area contributed by atoms with Gasteiger partial charge in [-0.15, -0.1) is 0 Å². The van der Waals surface area contributed by atoms with E-state index in [-0.39, 0.29) is 12.0 Å². The van der Waals surface area contributed by atoms with Gasteiger partial charge in [-0.2, -0.15) is 0 Å². The number of ether oxygens (including phenoxy) is 2. The molecule has 184 valence electrons. The van der Waals surface area contributed by atoms with Crippen molar-refractivity contribution in [2.75, 3.05) is 25.0 Å². The topological polar surface area (TPSA) is 72.5 Å². The highest BCUT2D eigenvalue weighted by Crippen LogP contribution is 2.38. The standard InChI is InChI=1S/C15H20N2O.C14H15NO2/c18-15-6-5-13-4-3-11(9-14(13)17-15)8-12-2-1-7-16-10-12;1-3-10-8-16-13-7-6-12-11(14(13)17-10)5-4-9(2)15-12/h3-4,9,12,16H,1-2,5-8,10H2,(H,17,18);4-7,10H,3,8H2,1-2H3/t;10-/m.0/s1. The summed E-state index contributed by atoms with van der Waals surface area (Å²) in [4.78, 5) is 15.9. The Morgan fingerprint density at radius 1 is 1.11 bits per heavy atom. The number of rotatable bonds is 3. The molecule has 1 unspecified atom stereocenters. The molecule has 2 aromatic carbocycles. The first-order valence-electron chi connectivity index (χ1n) is 12.9. The highest BCUT2D eigenvalue weighted by atomic mass is 16.6. The molecule has 1 aromatic heterocycles. The second-order valence-corrected chi connectivity index (χ2v) is 9.83. The summed E-state index contributed by atoms with van der Waals surface area (Å²) < 4.78 is 11.7. The monoisotopic (exact) mass is 473 g/mol. The molecule has 35 heavy (non-hydrogen) atoms.